The molecule has 3 aromatic rings. The summed E-state index contributed by atoms with van der Waals surface area (Å²) in [4.78, 5) is 29.0. The number of nitrogens with one attached hydrogen (secondary N) is 1. The first-order valence-electron chi connectivity index (χ1n) is 12.2. The molecule has 0 spiro atoms. The van der Waals surface area contributed by atoms with Crippen molar-refractivity contribution in [3.05, 3.63) is 89.2 Å². The zero-order valence-corrected chi connectivity index (χ0v) is 21.0. The number of aryl methyl sites for hydroxylation is 1. The molecule has 0 unspecified atom stereocenters. The van der Waals surface area contributed by atoms with Crippen molar-refractivity contribution in [3.8, 4) is 5.75 Å². The fourth-order valence-corrected chi connectivity index (χ4v) is 4.31. The molecule has 1 saturated heterocycles. The van der Waals surface area contributed by atoms with E-state index in [9.17, 15) is 14.0 Å². The van der Waals surface area contributed by atoms with Gasteiger partial charge in [-0.25, -0.2) is 4.39 Å². The number of ether oxygens (including phenoxy) is 1. The first-order chi connectivity index (χ1) is 17.3. The molecule has 36 heavy (non-hydrogen) atoms. The average molecular weight is 490 g/mol. The molecule has 1 aliphatic heterocycles. The highest BCUT2D eigenvalue weighted by Crippen LogP contribution is 2.27. The first-order valence-corrected chi connectivity index (χ1v) is 12.2. The Labute approximate surface area is 211 Å². The maximum absolute atomic E-state index is 14.0. The van der Waals surface area contributed by atoms with Crippen LogP contribution in [0.2, 0.25) is 0 Å². The first kappa shape index (κ1) is 25.2. The molecule has 1 N–H and O–H groups in total. The summed E-state index contributed by atoms with van der Waals surface area (Å²) in [5.74, 6) is 0.0458. The Morgan fingerprint density at radius 2 is 1.67 bits per heavy atom. The van der Waals surface area contributed by atoms with Crippen LogP contribution in [-0.2, 0) is 4.79 Å². The van der Waals surface area contributed by atoms with Gasteiger partial charge in [0.1, 0.15) is 11.6 Å². The van der Waals surface area contributed by atoms with Crippen LogP contribution in [0.15, 0.2) is 66.7 Å². The quantitative estimate of drug-likeness (QED) is 0.493. The summed E-state index contributed by atoms with van der Waals surface area (Å²) >= 11 is 0. The third-order valence-electron chi connectivity index (χ3n) is 6.34. The van der Waals surface area contributed by atoms with E-state index in [1.54, 1.807) is 17.0 Å². The lowest BCUT2D eigenvalue weighted by atomic mass is 10.0. The van der Waals surface area contributed by atoms with Crippen molar-refractivity contribution < 1.29 is 18.7 Å². The van der Waals surface area contributed by atoms with E-state index in [0.717, 1.165) is 22.6 Å². The van der Waals surface area contributed by atoms with E-state index in [1.807, 2.05) is 49.4 Å². The fourth-order valence-electron chi connectivity index (χ4n) is 4.31. The normalized spacial score (nSPS) is 13.6. The SMILES string of the molecule is Cc1ccc(C(C)C)c(OCC(=O)Nc2ccc(N3CCN(C(=O)c4ccccc4F)CC3)cc2)c1. The number of nitrogens with zero attached hydrogens (tertiary/aromatic N) is 2. The number of hydrogen-bond acceptors (Lipinski definition) is 4. The molecule has 6 nitrogen and oxygen atoms in total. The van der Waals surface area contributed by atoms with Crippen LogP contribution >= 0.6 is 0 Å². The second-order valence-corrected chi connectivity index (χ2v) is 9.34. The summed E-state index contributed by atoms with van der Waals surface area (Å²) < 4.78 is 19.8. The van der Waals surface area contributed by atoms with Crippen LogP contribution in [-0.4, -0.2) is 49.5 Å². The zero-order chi connectivity index (χ0) is 25.7. The van der Waals surface area contributed by atoms with Crippen molar-refractivity contribution in [1.82, 2.24) is 4.90 Å². The second-order valence-electron chi connectivity index (χ2n) is 9.34. The van der Waals surface area contributed by atoms with Gasteiger partial charge in [0, 0.05) is 37.6 Å². The predicted octanol–water partition coefficient (Wildman–Crippen LogP) is 5.24. The number of rotatable bonds is 7. The maximum atomic E-state index is 14.0. The highest BCUT2D eigenvalue weighted by Gasteiger charge is 2.24. The third kappa shape index (κ3) is 6.03. The van der Waals surface area contributed by atoms with E-state index < -0.39 is 5.82 Å². The Morgan fingerprint density at radius 1 is 0.972 bits per heavy atom. The smallest absolute Gasteiger partial charge is 0.262 e. The predicted molar refractivity (Wildman–Crippen MR) is 140 cm³/mol. The van der Waals surface area contributed by atoms with Crippen LogP contribution < -0.4 is 15.0 Å². The molecular formula is C29H32FN3O3. The Hall–Kier alpha value is -3.87. The summed E-state index contributed by atoms with van der Waals surface area (Å²) in [6.07, 6.45) is 0. The molecule has 0 saturated carbocycles. The van der Waals surface area contributed by atoms with Gasteiger partial charge in [-0.1, -0.05) is 38.1 Å². The molecule has 0 radical (unpaired) electrons. The molecule has 188 valence electrons. The van der Waals surface area contributed by atoms with Gasteiger partial charge < -0.3 is 19.9 Å². The van der Waals surface area contributed by atoms with Crippen molar-refractivity contribution >= 4 is 23.2 Å². The second kappa shape index (κ2) is 11.2. The summed E-state index contributed by atoms with van der Waals surface area (Å²) in [7, 11) is 0. The molecule has 1 aliphatic rings. The molecule has 1 fully saturated rings. The highest BCUT2D eigenvalue weighted by molar-refractivity contribution is 5.94. The van der Waals surface area contributed by atoms with Gasteiger partial charge in [-0.15, -0.1) is 0 Å². The summed E-state index contributed by atoms with van der Waals surface area (Å²) in [6, 6.07) is 19.7. The van der Waals surface area contributed by atoms with E-state index in [-0.39, 0.29) is 24.0 Å². The molecule has 4 rings (SSSR count). The number of piperazine rings is 1. The fraction of sp³-hybridized carbons (Fsp3) is 0.310. The van der Waals surface area contributed by atoms with Gasteiger partial charge >= 0.3 is 0 Å². The minimum Gasteiger partial charge on any atom is -0.483 e. The average Bonchev–Trinajstić information content (AvgIpc) is 2.88. The lowest BCUT2D eigenvalue weighted by Gasteiger charge is -2.36. The van der Waals surface area contributed by atoms with Crippen LogP contribution in [0, 0.1) is 12.7 Å². The Kier molecular flexibility index (Phi) is 7.88. The molecule has 7 heteroatoms. The van der Waals surface area contributed by atoms with E-state index in [4.69, 9.17) is 4.74 Å². The van der Waals surface area contributed by atoms with Crippen LogP contribution in [0.5, 0.6) is 5.75 Å². The van der Waals surface area contributed by atoms with Crippen molar-refractivity contribution in [2.45, 2.75) is 26.7 Å². The topological polar surface area (TPSA) is 61.9 Å². The Morgan fingerprint density at radius 3 is 2.33 bits per heavy atom. The van der Waals surface area contributed by atoms with Gasteiger partial charge in [-0.05, 0) is 66.4 Å². The zero-order valence-electron chi connectivity index (χ0n) is 21.0. The van der Waals surface area contributed by atoms with Gasteiger partial charge in [0.15, 0.2) is 6.61 Å². The minimum atomic E-state index is -0.493. The maximum Gasteiger partial charge on any atom is 0.262 e. The molecule has 0 aromatic heterocycles. The monoisotopic (exact) mass is 489 g/mol. The number of amides is 2. The molecule has 0 bridgehead atoms. The van der Waals surface area contributed by atoms with Crippen molar-refractivity contribution in [1.29, 1.82) is 0 Å². The highest BCUT2D eigenvalue weighted by atomic mass is 19.1. The van der Waals surface area contributed by atoms with E-state index in [2.05, 4.69) is 24.1 Å². The summed E-state index contributed by atoms with van der Waals surface area (Å²) in [5, 5.41) is 2.88. The number of carbonyl (C=O) groups is 2. The van der Waals surface area contributed by atoms with Crippen molar-refractivity contribution in [2.24, 2.45) is 0 Å². The Bertz CT molecular complexity index is 1220. The number of halogens is 1. The molecule has 0 aliphatic carbocycles. The molecule has 3 aromatic carbocycles. The van der Waals surface area contributed by atoms with Gasteiger partial charge in [0.25, 0.3) is 11.8 Å². The standard InChI is InChI=1S/C29H32FN3O3/c1-20(2)24-13-8-21(3)18-27(24)36-19-28(34)31-22-9-11-23(12-10-22)32-14-16-33(17-15-32)29(35)25-6-4-5-7-26(25)30/h4-13,18,20H,14-17,19H2,1-3H3,(H,31,34). The molecule has 0 atom stereocenters. The lowest BCUT2D eigenvalue weighted by Crippen LogP contribution is -2.49. The van der Waals surface area contributed by atoms with Crippen LogP contribution in [0.1, 0.15) is 41.3 Å². The van der Waals surface area contributed by atoms with Crippen LogP contribution in [0.4, 0.5) is 15.8 Å². The largest absolute Gasteiger partial charge is 0.483 e. The van der Waals surface area contributed by atoms with E-state index in [0.29, 0.717) is 37.8 Å². The number of anilines is 2. The van der Waals surface area contributed by atoms with Gasteiger partial charge in [0.2, 0.25) is 0 Å². The number of benzene rings is 3. The van der Waals surface area contributed by atoms with Crippen molar-refractivity contribution in [3.63, 3.8) is 0 Å². The van der Waals surface area contributed by atoms with Gasteiger partial charge in [-0.2, -0.15) is 0 Å². The van der Waals surface area contributed by atoms with Gasteiger partial charge in [0.05, 0.1) is 5.56 Å². The lowest BCUT2D eigenvalue weighted by molar-refractivity contribution is -0.118. The van der Waals surface area contributed by atoms with E-state index in [1.165, 1.54) is 12.1 Å². The Balaban J connectivity index is 1.28. The van der Waals surface area contributed by atoms with Gasteiger partial charge in [-0.3, -0.25) is 9.59 Å². The number of carbonyl (C=O) groups excluding carboxylic acids is 2. The summed E-state index contributed by atoms with van der Waals surface area (Å²) in [6.45, 7) is 8.45. The number of hydrogen-bond donors (Lipinski definition) is 1. The van der Waals surface area contributed by atoms with Crippen LogP contribution in [0.3, 0.4) is 0 Å². The molecular weight excluding hydrogens is 457 g/mol. The van der Waals surface area contributed by atoms with Crippen LogP contribution in [0.25, 0.3) is 0 Å². The van der Waals surface area contributed by atoms with E-state index >= 15 is 0 Å². The molecule has 2 amide bonds. The van der Waals surface area contributed by atoms with Crippen molar-refractivity contribution in [2.75, 3.05) is 43.0 Å². The molecule has 1 heterocycles. The minimum absolute atomic E-state index is 0.0665. The summed E-state index contributed by atoms with van der Waals surface area (Å²) in [5.41, 5.74) is 3.96. The third-order valence-corrected chi connectivity index (χ3v) is 6.34.